The number of rotatable bonds is 4. The molecule has 0 radical (unpaired) electrons. The number of hydrogen-bond donors (Lipinski definition) is 0. The second kappa shape index (κ2) is 8.10. The highest BCUT2D eigenvalue weighted by Gasteiger charge is 2.30. The fraction of sp³-hybridized carbons (Fsp3) is 0.263. The van der Waals surface area contributed by atoms with Gasteiger partial charge >= 0.3 is 0 Å². The molecule has 0 N–H and O–H groups in total. The average Bonchev–Trinajstić information content (AvgIpc) is 2.69. The van der Waals surface area contributed by atoms with Crippen molar-refractivity contribution in [1.82, 2.24) is 9.21 Å². The van der Waals surface area contributed by atoms with Crippen LogP contribution in [0.2, 0.25) is 0 Å². The molecule has 1 amide bonds. The van der Waals surface area contributed by atoms with Gasteiger partial charge in [0.25, 0.3) is 5.91 Å². The molecule has 6 nitrogen and oxygen atoms in total. The monoisotopic (exact) mass is 468 g/mol. The maximum atomic E-state index is 13.7. The summed E-state index contributed by atoms with van der Waals surface area (Å²) in [5.74, 6) is -1.00. The molecule has 9 heteroatoms. The van der Waals surface area contributed by atoms with Crippen LogP contribution in [0.25, 0.3) is 0 Å². The Labute approximate surface area is 171 Å². The highest BCUT2D eigenvalue weighted by Crippen LogP contribution is 2.21. The molecule has 28 heavy (non-hydrogen) atoms. The Bertz CT molecular complexity index is 1020. The average molecular weight is 469 g/mol. The maximum absolute atomic E-state index is 13.7. The molecule has 0 bridgehead atoms. The van der Waals surface area contributed by atoms with Gasteiger partial charge in [0.2, 0.25) is 10.0 Å². The van der Waals surface area contributed by atoms with E-state index in [0.717, 1.165) is 6.07 Å². The molecule has 148 valence electrons. The van der Waals surface area contributed by atoms with Gasteiger partial charge in [-0.25, -0.2) is 12.8 Å². The molecule has 0 spiro atoms. The number of carbonyl (C=O) groups excluding carboxylic acids is 2. The number of carbonyl (C=O) groups is 2. The first-order valence-electron chi connectivity index (χ1n) is 8.55. The molecule has 1 aliphatic rings. The highest BCUT2D eigenvalue weighted by atomic mass is 79.9. The fourth-order valence-electron chi connectivity index (χ4n) is 2.95. The van der Waals surface area contributed by atoms with Crippen LogP contribution in [-0.4, -0.2) is 55.5 Å². The number of benzene rings is 2. The van der Waals surface area contributed by atoms with Crippen LogP contribution in [0.15, 0.2) is 51.8 Å². The van der Waals surface area contributed by atoms with Gasteiger partial charge in [-0.2, -0.15) is 4.31 Å². The molecule has 0 aliphatic carbocycles. The summed E-state index contributed by atoms with van der Waals surface area (Å²) in [4.78, 5) is 25.5. The van der Waals surface area contributed by atoms with Gasteiger partial charge in [0.05, 0.1) is 9.37 Å². The van der Waals surface area contributed by atoms with Crippen molar-refractivity contribution in [3.05, 3.63) is 63.9 Å². The second-order valence-corrected chi connectivity index (χ2v) is 9.20. The maximum Gasteiger partial charge on any atom is 0.254 e. The normalized spacial score (nSPS) is 15.5. The number of hydrogen-bond acceptors (Lipinski definition) is 4. The van der Waals surface area contributed by atoms with Crippen molar-refractivity contribution in [2.75, 3.05) is 26.2 Å². The predicted molar refractivity (Wildman–Crippen MR) is 105 cm³/mol. The summed E-state index contributed by atoms with van der Waals surface area (Å²) >= 11 is 3.05. The zero-order chi connectivity index (χ0) is 20.5. The topological polar surface area (TPSA) is 74.8 Å². The molecule has 0 aromatic heterocycles. The Morgan fingerprint density at radius 2 is 1.54 bits per heavy atom. The van der Waals surface area contributed by atoms with E-state index in [1.807, 2.05) is 0 Å². The van der Waals surface area contributed by atoms with E-state index >= 15 is 0 Å². The van der Waals surface area contributed by atoms with Crippen molar-refractivity contribution in [3.8, 4) is 0 Å². The molecule has 3 rings (SSSR count). The lowest BCUT2D eigenvalue weighted by Gasteiger charge is -2.34. The van der Waals surface area contributed by atoms with Crippen molar-refractivity contribution in [1.29, 1.82) is 0 Å². The fourth-order valence-corrected chi connectivity index (χ4v) is 4.62. The summed E-state index contributed by atoms with van der Waals surface area (Å²) in [7, 11) is -3.71. The second-order valence-electron chi connectivity index (χ2n) is 6.41. The Morgan fingerprint density at radius 3 is 2.07 bits per heavy atom. The zero-order valence-corrected chi connectivity index (χ0v) is 17.5. The molecule has 2 aromatic carbocycles. The minimum Gasteiger partial charge on any atom is -0.336 e. The Balaban J connectivity index is 1.69. The molecule has 1 aliphatic heterocycles. The van der Waals surface area contributed by atoms with Crippen LogP contribution in [0.3, 0.4) is 0 Å². The van der Waals surface area contributed by atoms with Crippen molar-refractivity contribution >= 4 is 37.6 Å². The summed E-state index contributed by atoms with van der Waals surface area (Å²) in [6.45, 7) is 2.11. The summed E-state index contributed by atoms with van der Waals surface area (Å²) in [6, 6.07) is 9.94. The predicted octanol–water partition coefficient (Wildman–Crippen LogP) is 2.94. The Kier molecular flexibility index (Phi) is 5.97. The van der Waals surface area contributed by atoms with Crippen LogP contribution in [-0.2, 0) is 10.0 Å². The minimum absolute atomic E-state index is 0.104. The molecule has 0 unspecified atom stereocenters. The minimum atomic E-state index is -3.71. The van der Waals surface area contributed by atoms with Gasteiger partial charge in [0, 0.05) is 37.3 Å². The largest absolute Gasteiger partial charge is 0.336 e. The van der Waals surface area contributed by atoms with Gasteiger partial charge in [-0.3, -0.25) is 9.59 Å². The third-order valence-electron chi connectivity index (χ3n) is 4.59. The molecule has 1 heterocycles. The lowest BCUT2D eigenvalue weighted by molar-refractivity contribution is 0.0697. The van der Waals surface area contributed by atoms with E-state index in [1.54, 1.807) is 0 Å². The van der Waals surface area contributed by atoms with Crippen LogP contribution >= 0.6 is 15.9 Å². The smallest absolute Gasteiger partial charge is 0.254 e. The summed E-state index contributed by atoms with van der Waals surface area (Å²) in [5, 5.41) is 0. The SMILES string of the molecule is CC(=O)c1ccc(S(=O)(=O)N2CCN(C(=O)c3ccc(Br)c(F)c3)CC2)cc1. The van der Waals surface area contributed by atoms with Crippen LogP contribution in [0.1, 0.15) is 27.6 Å². The quantitative estimate of drug-likeness (QED) is 0.646. The highest BCUT2D eigenvalue weighted by molar-refractivity contribution is 9.10. The van der Waals surface area contributed by atoms with E-state index in [4.69, 9.17) is 0 Å². The first kappa shape index (κ1) is 20.6. The molecule has 1 saturated heterocycles. The molecule has 0 saturated carbocycles. The van der Waals surface area contributed by atoms with E-state index in [2.05, 4.69) is 15.9 Å². The van der Waals surface area contributed by atoms with E-state index in [-0.39, 0.29) is 52.8 Å². The lowest BCUT2D eigenvalue weighted by atomic mass is 10.2. The standard InChI is InChI=1S/C19H18BrFN2O4S/c1-13(24)14-2-5-16(6-3-14)28(26,27)23-10-8-22(9-11-23)19(25)15-4-7-17(20)18(21)12-15/h2-7,12H,8-11H2,1H3. The van der Waals surface area contributed by atoms with Crippen LogP contribution in [0, 0.1) is 5.82 Å². The van der Waals surface area contributed by atoms with E-state index < -0.39 is 15.8 Å². The zero-order valence-electron chi connectivity index (χ0n) is 15.1. The van der Waals surface area contributed by atoms with Crippen LogP contribution in [0.5, 0.6) is 0 Å². The summed E-state index contributed by atoms with van der Waals surface area (Å²) in [5.41, 5.74) is 0.660. The molecule has 0 atom stereocenters. The number of amides is 1. The molecule has 2 aromatic rings. The number of nitrogens with zero attached hydrogens (tertiary/aromatic N) is 2. The van der Waals surface area contributed by atoms with Gasteiger partial charge in [-0.1, -0.05) is 12.1 Å². The van der Waals surface area contributed by atoms with Crippen molar-refractivity contribution in [2.24, 2.45) is 0 Å². The molecular weight excluding hydrogens is 451 g/mol. The van der Waals surface area contributed by atoms with Gasteiger partial charge in [0.15, 0.2) is 5.78 Å². The third-order valence-corrected chi connectivity index (χ3v) is 7.15. The molecule has 1 fully saturated rings. The Morgan fingerprint density at radius 1 is 0.964 bits per heavy atom. The number of Topliss-reactive ketones (excluding diaryl/α,β-unsaturated/α-hetero) is 1. The first-order valence-corrected chi connectivity index (χ1v) is 10.8. The summed E-state index contributed by atoms with van der Waals surface area (Å²) in [6.07, 6.45) is 0. The van der Waals surface area contributed by atoms with Gasteiger partial charge in [-0.15, -0.1) is 0 Å². The number of halogens is 2. The summed E-state index contributed by atoms with van der Waals surface area (Å²) < 4.78 is 40.8. The van der Waals surface area contributed by atoms with E-state index in [9.17, 15) is 22.4 Å². The molecular formula is C19H18BrFN2O4S. The number of piperazine rings is 1. The number of ketones is 1. The van der Waals surface area contributed by atoms with Gasteiger partial charge in [0.1, 0.15) is 5.82 Å². The Hall–Kier alpha value is -2.10. The van der Waals surface area contributed by atoms with E-state index in [1.165, 1.54) is 52.5 Å². The van der Waals surface area contributed by atoms with Crippen molar-refractivity contribution < 1.29 is 22.4 Å². The van der Waals surface area contributed by atoms with Crippen molar-refractivity contribution in [3.63, 3.8) is 0 Å². The lowest BCUT2D eigenvalue weighted by Crippen LogP contribution is -2.50. The van der Waals surface area contributed by atoms with Gasteiger partial charge in [-0.05, 0) is 53.2 Å². The van der Waals surface area contributed by atoms with Gasteiger partial charge < -0.3 is 4.90 Å². The van der Waals surface area contributed by atoms with Crippen molar-refractivity contribution in [2.45, 2.75) is 11.8 Å². The third kappa shape index (κ3) is 4.16. The number of sulfonamides is 1. The van der Waals surface area contributed by atoms with E-state index in [0.29, 0.717) is 5.56 Å². The first-order chi connectivity index (χ1) is 13.2. The van der Waals surface area contributed by atoms with Crippen LogP contribution < -0.4 is 0 Å². The van der Waals surface area contributed by atoms with Crippen LogP contribution in [0.4, 0.5) is 4.39 Å².